The maximum Gasteiger partial charge on any atom is 0.331 e. The molecule has 0 radical (unpaired) electrons. The van der Waals surface area contributed by atoms with E-state index in [4.69, 9.17) is 4.74 Å². The average molecular weight is 323 g/mol. The van der Waals surface area contributed by atoms with Gasteiger partial charge in [0.15, 0.2) is 0 Å². The van der Waals surface area contributed by atoms with Gasteiger partial charge in [0, 0.05) is 11.1 Å². The van der Waals surface area contributed by atoms with E-state index in [1.807, 2.05) is 62.4 Å². The molecule has 0 unspecified atom stereocenters. The quantitative estimate of drug-likeness (QED) is 0.804. The molecule has 1 heterocycles. The van der Waals surface area contributed by atoms with Crippen molar-refractivity contribution in [2.24, 2.45) is 5.92 Å². The van der Waals surface area contributed by atoms with E-state index in [-0.39, 0.29) is 17.8 Å². The van der Waals surface area contributed by atoms with E-state index >= 15 is 0 Å². The Morgan fingerprint density at radius 1 is 1.08 bits per heavy atom. The number of hydrogen-bond acceptors (Lipinski definition) is 3. The molecular weight excluding hydrogens is 302 g/mol. The summed E-state index contributed by atoms with van der Waals surface area (Å²) < 4.78 is 5.60. The number of amides is 1. The normalized spacial score (nSPS) is 21.4. The maximum atomic E-state index is 13.1. The summed E-state index contributed by atoms with van der Waals surface area (Å²) in [5.74, 6) is -0.484. The molecule has 3 atom stereocenters. The maximum absolute atomic E-state index is 13.1. The van der Waals surface area contributed by atoms with Crippen molar-refractivity contribution in [3.05, 3.63) is 71.8 Å². The van der Waals surface area contributed by atoms with Gasteiger partial charge in [-0.2, -0.15) is 0 Å². The molecule has 124 valence electrons. The third-order valence-electron chi connectivity index (χ3n) is 4.54. The van der Waals surface area contributed by atoms with E-state index in [0.717, 1.165) is 12.0 Å². The highest BCUT2D eigenvalue weighted by Gasteiger charge is 2.47. The van der Waals surface area contributed by atoms with Crippen LogP contribution in [0.5, 0.6) is 0 Å². The van der Waals surface area contributed by atoms with Gasteiger partial charge in [0.1, 0.15) is 6.04 Å². The van der Waals surface area contributed by atoms with Crippen LogP contribution in [0.1, 0.15) is 42.4 Å². The molecule has 0 bridgehead atoms. The second-order valence-electron chi connectivity index (χ2n) is 6.11. The third kappa shape index (κ3) is 2.92. The SMILES string of the molecule is CC[C@@H](C)[C@@H]1C(=O)O[C@@H](c2ccccc2)N1C(=O)c1ccccc1. The molecule has 0 N–H and O–H groups in total. The first kappa shape index (κ1) is 16.2. The van der Waals surface area contributed by atoms with Crippen molar-refractivity contribution in [2.75, 3.05) is 0 Å². The van der Waals surface area contributed by atoms with Gasteiger partial charge in [-0.25, -0.2) is 4.79 Å². The number of benzene rings is 2. The highest BCUT2D eigenvalue weighted by atomic mass is 16.6. The Kier molecular flexibility index (Phi) is 4.65. The zero-order chi connectivity index (χ0) is 17.1. The van der Waals surface area contributed by atoms with Gasteiger partial charge in [-0.15, -0.1) is 0 Å². The van der Waals surface area contributed by atoms with E-state index in [2.05, 4.69) is 0 Å². The van der Waals surface area contributed by atoms with E-state index < -0.39 is 12.3 Å². The molecule has 0 saturated carbocycles. The molecule has 1 amide bonds. The fraction of sp³-hybridized carbons (Fsp3) is 0.300. The Morgan fingerprint density at radius 3 is 2.25 bits per heavy atom. The van der Waals surface area contributed by atoms with Crippen molar-refractivity contribution in [3.63, 3.8) is 0 Å². The van der Waals surface area contributed by atoms with Crippen LogP contribution in [0.25, 0.3) is 0 Å². The van der Waals surface area contributed by atoms with Gasteiger partial charge in [0.05, 0.1) is 0 Å². The Bertz CT molecular complexity index is 714. The van der Waals surface area contributed by atoms with E-state index in [1.54, 1.807) is 17.0 Å². The van der Waals surface area contributed by atoms with Gasteiger partial charge >= 0.3 is 5.97 Å². The Hall–Kier alpha value is -2.62. The molecule has 1 saturated heterocycles. The zero-order valence-corrected chi connectivity index (χ0v) is 13.9. The molecule has 2 aromatic rings. The van der Waals surface area contributed by atoms with Crippen molar-refractivity contribution in [3.8, 4) is 0 Å². The monoisotopic (exact) mass is 323 g/mol. The first-order chi connectivity index (χ1) is 11.6. The van der Waals surface area contributed by atoms with Crippen LogP contribution in [-0.4, -0.2) is 22.8 Å². The number of ether oxygens (including phenoxy) is 1. The first-order valence-electron chi connectivity index (χ1n) is 8.26. The lowest BCUT2D eigenvalue weighted by atomic mass is 9.97. The third-order valence-corrected chi connectivity index (χ3v) is 4.54. The summed E-state index contributed by atoms with van der Waals surface area (Å²) in [6, 6.07) is 17.9. The Morgan fingerprint density at radius 2 is 1.67 bits per heavy atom. The molecule has 1 fully saturated rings. The molecule has 0 aliphatic carbocycles. The number of esters is 1. The van der Waals surface area contributed by atoms with Crippen molar-refractivity contribution >= 4 is 11.9 Å². The summed E-state index contributed by atoms with van der Waals surface area (Å²) in [6.07, 6.45) is 0.116. The van der Waals surface area contributed by atoms with Gasteiger partial charge in [-0.3, -0.25) is 9.69 Å². The van der Waals surface area contributed by atoms with Crippen molar-refractivity contribution in [2.45, 2.75) is 32.5 Å². The van der Waals surface area contributed by atoms with Crippen molar-refractivity contribution < 1.29 is 14.3 Å². The predicted molar refractivity (Wildman–Crippen MR) is 91.1 cm³/mol. The highest BCUT2D eigenvalue weighted by Crippen LogP contribution is 2.36. The van der Waals surface area contributed by atoms with Crippen molar-refractivity contribution in [1.82, 2.24) is 4.90 Å². The van der Waals surface area contributed by atoms with Crippen LogP contribution in [0.4, 0.5) is 0 Å². The van der Waals surface area contributed by atoms with Crippen LogP contribution < -0.4 is 0 Å². The number of cyclic esters (lactones) is 1. The lowest BCUT2D eigenvalue weighted by Crippen LogP contribution is -2.43. The molecule has 1 aliphatic rings. The Labute approximate surface area is 142 Å². The summed E-state index contributed by atoms with van der Waals surface area (Å²) >= 11 is 0. The molecule has 4 nitrogen and oxygen atoms in total. The summed E-state index contributed by atoms with van der Waals surface area (Å²) in [4.78, 5) is 27.2. The van der Waals surface area contributed by atoms with E-state index in [9.17, 15) is 9.59 Å². The topological polar surface area (TPSA) is 46.6 Å². The lowest BCUT2D eigenvalue weighted by molar-refractivity contribution is -0.143. The van der Waals surface area contributed by atoms with Crippen LogP contribution in [0.2, 0.25) is 0 Å². The largest absolute Gasteiger partial charge is 0.435 e. The molecule has 4 heteroatoms. The van der Waals surface area contributed by atoms with Gasteiger partial charge in [-0.05, 0) is 18.1 Å². The van der Waals surface area contributed by atoms with Crippen LogP contribution in [0.15, 0.2) is 60.7 Å². The lowest BCUT2D eigenvalue weighted by Gasteiger charge is -2.29. The minimum atomic E-state index is -0.676. The molecule has 0 aromatic heterocycles. The van der Waals surface area contributed by atoms with E-state index in [1.165, 1.54) is 0 Å². The summed E-state index contributed by atoms with van der Waals surface area (Å²) in [5.41, 5.74) is 1.37. The van der Waals surface area contributed by atoms with Gasteiger partial charge in [0.25, 0.3) is 5.91 Å². The number of hydrogen-bond donors (Lipinski definition) is 0. The van der Waals surface area contributed by atoms with E-state index in [0.29, 0.717) is 5.56 Å². The standard InChI is InChI=1S/C20H21NO3/c1-3-14(2)17-20(23)24-19(16-12-8-5-9-13-16)21(17)18(22)15-10-6-4-7-11-15/h4-14,17,19H,3H2,1-2H3/t14-,17-,19+/m1/s1. The Balaban J connectivity index is 2.03. The molecule has 1 aliphatic heterocycles. The fourth-order valence-corrected chi connectivity index (χ4v) is 3.03. The first-order valence-corrected chi connectivity index (χ1v) is 8.26. The number of rotatable bonds is 4. The molecular formula is C20H21NO3. The number of carbonyl (C=O) groups excluding carboxylic acids is 2. The van der Waals surface area contributed by atoms with Crippen molar-refractivity contribution in [1.29, 1.82) is 0 Å². The summed E-state index contributed by atoms with van der Waals surface area (Å²) in [6.45, 7) is 3.99. The zero-order valence-electron chi connectivity index (χ0n) is 13.9. The summed E-state index contributed by atoms with van der Waals surface area (Å²) in [5, 5.41) is 0. The van der Waals surface area contributed by atoms with Crippen LogP contribution in [-0.2, 0) is 9.53 Å². The second kappa shape index (κ2) is 6.87. The smallest absolute Gasteiger partial charge is 0.331 e. The minimum absolute atomic E-state index is 0.0267. The molecule has 3 rings (SSSR count). The minimum Gasteiger partial charge on any atom is -0.435 e. The average Bonchev–Trinajstić information content (AvgIpc) is 2.99. The fourth-order valence-electron chi connectivity index (χ4n) is 3.03. The van der Waals surface area contributed by atoms with Crippen LogP contribution >= 0.6 is 0 Å². The van der Waals surface area contributed by atoms with Crippen LogP contribution in [0.3, 0.4) is 0 Å². The van der Waals surface area contributed by atoms with Gasteiger partial charge in [0.2, 0.25) is 6.23 Å². The number of nitrogens with zero attached hydrogens (tertiary/aromatic N) is 1. The predicted octanol–water partition coefficient (Wildman–Crippen LogP) is 3.80. The molecule has 24 heavy (non-hydrogen) atoms. The molecule has 2 aromatic carbocycles. The summed E-state index contributed by atoms with van der Waals surface area (Å²) in [7, 11) is 0. The highest BCUT2D eigenvalue weighted by molar-refractivity contribution is 5.98. The van der Waals surface area contributed by atoms with Gasteiger partial charge < -0.3 is 4.74 Å². The number of carbonyl (C=O) groups is 2. The molecule has 0 spiro atoms. The van der Waals surface area contributed by atoms with Gasteiger partial charge in [-0.1, -0.05) is 68.8 Å². The second-order valence-corrected chi connectivity index (χ2v) is 6.11. The van der Waals surface area contributed by atoms with Crippen LogP contribution in [0, 0.1) is 5.92 Å².